The average molecular weight is 226 g/mol. The smallest absolute Gasteiger partial charge is 0.222 e. The van der Waals surface area contributed by atoms with E-state index in [1.807, 2.05) is 37.5 Å². The van der Waals surface area contributed by atoms with E-state index < -0.39 is 0 Å². The minimum atomic E-state index is 0.581. The van der Waals surface area contributed by atoms with E-state index in [1.54, 1.807) is 0 Å². The highest BCUT2D eigenvalue weighted by atomic mass is 15.1. The fourth-order valence-corrected chi connectivity index (χ4v) is 1.65. The molecule has 0 atom stereocenters. The van der Waals surface area contributed by atoms with Gasteiger partial charge >= 0.3 is 0 Å². The minimum Gasteiger partial charge on any atom is -0.351 e. The Morgan fingerprint density at radius 2 is 1.94 bits per heavy atom. The van der Waals surface area contributed by atoms with Crippen LogP contribution in [-0.4, -0.2) is 21.0 Å². The first-order valence-electron chi connectivity index (χ1n) is 5.84. The molecule has 0 spiro atoms. The van der Waals surface area contributed by atoms with E-state index in [2.05, 4.69) is 20.3 Å². The molecule has 0 unspecified atom stereocenters. The summed E-state index contributed by atoms with van der Waals surface area (Å²) in [5.41, 5.74) is 2.88. The van der Waals surface area contributed by atoms with Crippen LogP contribution in [0.1, 0.15) is 18.5 Å². The highest BCUT2D eigenvalue weighted by Gasteiger charge is 2.21. The van der Waals surface area contributed by atoms with E-state index >= 15 is 0 Å². The zero-order valence-electron chi connectivity index (χ0n) is 9.72. The van der Waals surface area contributed by atoms with Gasteiger partial charge < -0.3 is 5.32 Å². The van der Waals surface area contributed by atoms with Crippen LogP contribution in [0.2, 0.25) is 0 Å². The van der Waals surface area contributed by atoms with Gasteiger partial charge in [-0.3, -0.25) is 4.98 Å². The molecular formula is C13H14N4. The van der Waals surface area contributed by atoms with Crippen molar-refractivity contribution in [3.8, 4) is 11.3 Å². The predicted molar refractivity (Wildman–Crippen MR) is 66.6 cm³/mol. The Balaban J connectivity index is 1.83. The summed E-state index contributed by atoms with van der Waals surface area (Å²) in [6.07, 6.45) is 6.09. The Labute approximate surface area is 100 Å². The third-order valence-electron chi connectivity index (χ3n) is 2.75. The summed E-state index contributed by atoms with van der Waals surface area (Å²) in [4.78, 5) is 13.1. The predicted octanol–water partition coefficient (Wildman–Crippen LogP) is 2.42. The van der Waals surface area contributed by atoms with Crippen molar-refractivity contribution in [2.45, 2.75) is 25.8 Å². The molecule has 0 radical (unpaired) electrons. The minimum absolute atomic E-state index is 0.581. The summed E-state index contributed by atoms with van der Waals surface area (Å²) in [5, 5.41) is 3.26. The number of hydrogen-bond acceptors (Lipinski definition) is 4. The average Bonchev–Trinajstić information content (AvgIpc) is 3.14. The Kier molecular flexibility index (Phi) is 2.48. The van der Waals surface area contributed by atoms with E-state index in [0.717, 1.165) is 17.0 Å². The summed E-state index contributed by atoms with van der Waals surface area (Å²) in [6, 6.07) is 6.53. The van der Waals surface area contributed by atoms with Crippen molar-refractivity contribution in [3.05, 3.63) is 36.3 Å². The van der Waals surface area contributed by atoms with Crippen LogP contribution in [0.3, 0.4) is 0 Å². The van der Waals surface area contributed by atoms with Gasteiger partial charge in [-0.15, -0.1) is 0 Å². The molecule has 0 aliphatic heterocycles. The molecule has 1 saturated carbocycles. The van der Waals surface area contributed by atoms with Crippen molar-refractivity contribution in [1.29, 1.82) is 0 Å². The van der Waals surface area contributed by atoms with Crippen molar-refractivity contribution >= 4 is 5.95 Å². The maximum Gasteiger partial charge on any atom is 0.222 e. The Morgan fingerprint density at radius 3 is 2.59 bits per heavy atom. The normalized spacial score (nSPS) is 14.6. The number of aromatic nitrogens is 3. The van der Waals surface area contributed by atoms with Crippen molar-refractivity contribution in [1.82, 2.24) is 15.0 Å². The number of nitrogens with zero attached hydrogens (tertiary/aromatic N) is 3. The van der Waals surface area contributed by atoms with Crippen LogP contribution in [0.15, 0.2) is 30.6 Å². The first-order valence-corrected chi connectivity index (χ1v) is 5.84. The summed E-state index contributed by atoms with van der Waals surface area (Å²) >= 11 is 0. The molecular weight excluding hydrogens is 212 g/mol. The lowest BCUT2D eigenvalue weighted by molar-refractivity contribution is 1.05. The lowest BCUT2D eigenvalue weighted by Crippen LogP contribution is -2.04. The second-order valence-corrected chi connectivity index (χ2v) is 4.38. The topological polar surface area (TPSA) is 50.7 Å². The van der Waals surface area contributed by atoms with E-state index in [4.69, 9.17) is 0 Å². The van der Waals surface area contributed by atoms with Crippen LogP contribution in [0.25, 0.3) is 11.3 Å². The van der Waals surface area contributed by atoms with Gasteiger partial charge in [0, 0.05) is 29.7 Å². The van der Waals surface area contributed by atoms with Crippen LogP contribution in [0, 0.1) is 6.92 Å². The quantitative estimate of drug-likeness (QED) is 0.873. The molecule has 4 nitrogen and oxygen atoms in total. The van der Waals surface area contributed by atoms with Crippen LogP contribution in [0.4, 0.5) is 5.95 Å². The van der Waals surface area contributed by atoms with Gasteiger partial charge in [0.25, 0.3) is 0 Å². The number of pyridine rings is 1. The third kappa shape index (κ3) is 2.41. The van der Waals surface area contributed by atoms with Gasteiger partial charge in [0.2, 0.25) is 5.95 Å². The molecule has 0 aromatic carbocycles. The number of nitrogens with one attached hydrogen (secondary N) is 1. The molecule has 17 heavy (non-hydrogen) atoms. The third-order valence-corrected chi connectivity index (χ3v) is 2.75. The van der Waals surface area contributed by atoms with Gasteiger partial charge in [-0.25, -0.2) is 9.97 Å². The van der Waals surface area contributed by atoms with Gasteiger partial charge in [0.15, 0.2) is 0 Å². The van der Waals surface area contributed by atoms with Crippen molar-refractivity contribution in [2.75, 3.05) is 5.32 Å². The first-order chi connectivity index (χ1) is 8.31. The lowest BCUT2D eigenvalue weighted by atomic mass is 10.2. The number of rotatable bonds is 3. The summed E-state index contributed by atoms with van der Waals surface area (Å²) in [5.74, 6) is 0.712. The van der Waals surface area contributed by atoms with Gasteiger partial charge in [-0.1, -0.05) is 6.07 Å². The van der Waals surface area contributed by atoms with Gasteiger partial charge in [0.05, 0.1) is 5.69 Å². The largest absolute Gasteiger partial charge is 0.351 e. The second kappa shape index (κ2) is 4.13. The molecule has 1 aliphatic carbocycles. The van der Waals surface area contributed by atoms with Crippen LogP contribution in [0.5, 0.6) is 0 Å². The van der Waals surface area contributed by atoms with Crippen molar-refractivity contribution in [3.63, 3.8) is 0 Å². The number of aryl methyl sites for hydroxylation is 1. The molecule has 2 aromatic heterocycles. The van der Waals surface area contributed by atoms with E-state index in [9.17, 15) is 0 Å². The zero-order chi connectivity index (χ0) is 11.7. The second-order valence-electron chi connectivity index (χ2n) is 4.38. The Hall–Kier alpha value is -1.97. The number of hydrogen-bond donors (Lipinski definition) is 1. The molecule has 0 bridgehead atoms. The van der Waals surface area contributed by atoms with Gasteiger partial charge in [-0.2, -0.15) is 0 Å². The van der Waals surface area contributed by atoms with Crippen LogP contribution in [-0.2, 0) is 0 Å². The van der Waals surface area contributed by atoms with Crippen LogP contribution < -0.4 is 5.32 Å². The van der Waals surface area contributed by atoms with E-state index in [0.29, 0.717) is 12.0 Å². The summed E-state index contributed by atoms with van der Waals surface area (Å²) in [7, 11) is 0. The van der Waals surface area contributed by atoms with Gasteiger partial charge in [0.1, 0.15) is 0 Å². The Bertz CT molecular complexity index is 517. The molecule has 0 saturated heterocycles. The molecule has 2 heterocycles. The highest BCUT2D eigenvalue weighted by molar-refractivity contribution is 5.57. The lowest BCUT2D eigenvalue weighted by Gasteiger charge is -2.04. The fraction of sp³-hybridized carbons (Fsp3) is 0.308. The van der Waals surface area contributed by atoms with Gasteiger partial charge in [-0.05, 0) is 31.9 Å². The van der Waals surface area contributed by atoms with Crippen molar-refractivity contribution in [2.24, 2.45) is 0 Å². The first kappa shape index (κ1) is 10.2. The molecule has 3 rings (SSSR count). The van der Waals surface area contributed by atoms with E-state index in [-0.39, 0.29) is 0 Å². The number of anilines is 1. The molecule has 0 amide bonds. The van der Waals surface area contributed by atoms with Crippen LogP contribution >= 0.6 is 0 Å². The standard InChI is InChI=1S/C13H14N4/c1-9-3-2-4-12(16-9)10-7-14-13(15-8-10)17-11-5-6-11/h2-4,7-8,11H,5-6H2,1H3,(H,14,15,17). The Morgan fingerprint density at radius 1 is 1.18 bits per heavy atom. The molecule has 1 fully saturated rings. The molecule has 86 valence electrons. The molecule has 1 aliphatic rings. The maximum atomic E-state index is 4.45. The summed E-state index contributed by atoms with van der Waals surface area (Å²) < 4.78 is 0. The maximum absolute atomic E-state index is 4.45. The molecule has 1 N–H and O–H groups in total. The molecule has 2 aromatic rings. The zero-order valence-corrected chi connectivity index (χ0v) is 9.72. The SMILES string of the molecule is Cc1cccc(-c2cnc(NC3CC3)nc2)n1. The van der Waals surface area contributed by atoms with E-state index in [1.165, 1.54) is 12.8 Å². The van der Waals surface area contributed by atoms with Crippen molar-refractivity contribution < 1.29 is 0 Å². The summed E-state index contributed by atoms with van der Waals surface area (Å²) in [6.45, 7) is 1.98. The monoisotopic (exact) mass is 226 g/mol. The molecule has 4 heteroatoms. The highest BCUT2D eigenvalue weighted by Crippen LogP contribution is 2.23. The fourth-order valence-electron chi connectivity index (χ4n) is 1.65.